The van der Waals surface area contributed by atoms with Gasteiger partial charge in [-0.1, -0.05) is 12.8 Å². The van der Waals surface area contributed by atoms with Crippen molar-refractivity contribution in [1.29, 1.82) is 5.41 Å². The largest absolute Gasteiger partial charge is 0.382 e. The maximum atomic E-state index is 7.32. The first-order valence-corrected chi connectivity index (χ1v) is 6.11. The number of nitrogens with one attached hydrogen (secondary N) is 1. The molecule has 1 saturated carbocycles. The molecule has 0 spiro atoms. The smallest absolute Gasteiger partial charge is 0.141 e. The molecule has 1 aromatic rings. The minimum Gasteiger partial charge on any atom is -0.382 e. The van der Waals surface area contributed by atoms with E-state index in [0.717, 1.165) is 5.25 Å². The van der Waals surface area contributed by atoms with E-state index in [1.165, 1.54) is 30.6 Å². The van der Waals surface area contributed by atoms with Gasteiger partial charge < -0.3 is 5.73 Å². The molecule has 0 radical (unpaired) electrons. The fraction of sp³-hybridized carbons (Fsp3) is 0.455. The second kappa shape index (κ2) is 4.66. The lowest BCUT2D eigenvalue weighted by Crippen LogP contribution is -2.12. The van der Waals surface area contributed by atoms with Gasteiger partial charge in [0.25, 0.3) is 0 Å². The molecule has 0 atom stereocenters. The van der Waals surface area contributed by atoms with Crippen molar-refractivity contribution in [2.75, 3.05) is 0 Å². The highest BCUT2D eigenvalue weighted by Gasteiger charge is 2.16. The van der Waals surface area contributed by atoms with Crippen LogP contribution in [-0.4, -0.2) is 16.1 Å². The second-order valence-corrected chi connectivity index (χ2v) is 5.19. The summed E-state index contributed by atoms with van der Waals surface area (Å²) in [5.41, 5.74) is 5.98. The molecule has 0 aliphatic heterocycles. The van der Waals surface area contributed by atoms with Crippen LogP contribution in [0.15, 0.2) is 23.2 Å². The zero-order valence-corrected chi connectivity index (χ0v) is 9.39. The lowest BCUT2D eigenvalue weighted by Gasteiger charge is -2.08. The fourth-order valence-electron chi connectivity index (χ4n) is 1.83. The van der Waals surface area contributed by atoms with Crippen LogP contribution in [0.5, 0.6) is 0 Å². The number of amidine groups is 1. The van der Waals surface area contributed by atoms with Crippen LogP contribution in [0, 0.1) is 5.41 Å². The van der Waals surface area contributed by atoms with Crippen LogP contribution < -0.4 is 5.73 Å². The minimum atomic E-state index is 0.0453. The highest BCUT2D eigenvalue weighted by atomic mass is 32.2. The van der Waals surface area contributed by atoms with Crippen molar-refractivity contribution in [2.45, 2.75) is 35.8 Å². The molecule has 4 heteroatoms. The van der Waals surface area contributed by atoms with Crippen LogP contribution in [0.25, 0.3) is 0 Å². The lowest BCUT2D eigenvalue weighted by atomic mass is 10.3. The molecule has 0 aromatic carbocycles. The first kappa shape index (κ1) is 10.5. The Morgan fingerprint density at radius 2 is 2.20 bits per heavy atom. The Kier molecular flexibility index (Phi) is 3.26. The monoisotopic (exact) mass is 221 g/mol. The third kappa shape index (κ3) is 2.72. The van der Waals surface area contributed by atoms with Crippen LogP contribution >= 0.6 is 11.8 Å². The van der Waals surface area contributed by atoms with Gasteiger partial charge in [0.15, 0.2) is 0 Å². The maximum Gasteiger partial charge on any atom is 0.141 e. The van der Waals surface area contributed by atoms with Crippen LogP contribution in [0.3, 0.4) is 0 Å². The number of pyridine rings is 1. The first-order chi connectivity index (χ1) is 7.25. The average Bonchev–Trinajstić information content (AvgIpc) is 2.71. The van der Waals surface area contributed by atoms with Gasteiger partial charge in [-0.15, -0.1) is 11.8 Å². The van der Waals surface area contributed by atoms with E-state index in [9.17, 15) is 0 Å². The standard InChI is InChI=1S/C11H15N3S/c12-11(13)10-7-9(5-6-14-10)15-8-3-1-2-4-8/h5-8H,1-4H2,(H3,12,13). The Labute approximate surface area is 94.0 Å². The third-order valence-electron chi connectivity index (χ3n) is 2.61. The second-order valence-electron chi connectivity index (χ2n) is 3.81. The molecule has 0 amide bonds. The Morgan fingerprint density at radius 3 is 2.87 bits per heavy atom. The van der Waals surface area contributed by atoms with Crippen LogP contribution in [-0.2, 0) is 0 Å². The van der Waals surface area contributed by atoms with Crippen molar-refractivity contribution >= 4 is 17.6 Å². The molecule has 1 aromatic heterocycles. The molecule has 2 rings (SSSR count). The quantitative estimate of drug-likeness (QED) is 0.608. The van der Waals surface area contributed by atoms with Gasteiger partial charge in [0.05, 0.1) is 0 Å². The SMILES string of the molecule is N=C(N)c1cc(SC2CCCC2)ccn1. The molecule has 80 valence electrons. The molecular formula is C11H15N3S. The van der Waals surface area contributed by atoms with E-state index in [1.807, 2.05) is 23.9 Å². The topological polar surface area (TPSA) is 62.8 Å². The minimum absolute atomic E-state index is 0.0453. The van der Waals surface area contributed by atoms with Crippen LogP contribution in [0.2, 0.25) is 0 Å². The molecule has 15 heavy (non-hydrogen) atoms. The summed E-state index contributed by atoms with van der Waals surface area (Å²) in [6.07, 6.45) is 7.05. The summed E-state index contributed by atoms with van der Waals surface area (Å²) in [5, 5.41) is 8.07. The molecular weight excluding hydrogens is 206 g/mol. The molecule has 0 saturated heterocycles. The van der Waals surface area contributed by atoms with Gasteiger partial charge in [-0.2, -0.15) is 0 Å². The molecule has 0 unspecified atom stereocenters. The van der Waals surface area contributed by atoms with Crippen molar-refractivity contribution in [3.8, 4) is 0 Å². The first-order valence-electron chi connectivity index (χ1n) is 5.23. The van der Waals surface area contributed by atoms with E-state index in [1.54, 1.807) is 6.20 Å². The zero-order chi connectivity index (χ0) is 10.7. The van der Waals surface area contributed by atoms with Gasteiger partial charge in [-0.25, -0.2) is 0 Å². The van der Waals surface area contributed by atoms with E-state index >= 15 is 0 Å². The molecule has 1 heterocycles. The number of hydrogen-bond acceptors (Lipinski definition) is 3. The molecule has 1 aliphatic rings. The summed E-state index contributed by atoms with van der Waals surface area (Å²) in [5.74, 6) is 0.0453. The number of rotatable bonds is 3. The number of thioether (sulfide) groups is 1. The third-order valence-corrected chi connectivity index (χ3v) is 3.94. The summed E-state index contributed by atoms with van der Waals surface area (Å²) in [4.78, 5) is 5.23. The van der Waals surface area contributed by atoms with Crippen molar-refractivity contribution in [3.63, 3.8) is 0 Å². The molecule has 1 aliphatic carbocycles. The Morgan fingerprint density at radius 1 is 1.47 bits per heavy atom. The maximum absolute atomic E-state index is 7.32. The molecule has 1 fully saturated rings. The van der Waals surface area contributed by atoms with E-state index in [-0.39, 0.29) is 5.84 Å². The Balaban J connectivity index is 2.07. The Hall–Kier alpha value is -1.03. The summed E-state index contributed by atoms with van der Waals surface area (Å²) >= 11 is 1.89. The van der Waals surface area contributed by atoms with Gasteiger partial charge in [0.2, 0.25) is 0 Å². The van der Waals surface area contributed by atoms with E-state index in [0.29, 0.717) is 5.69 Å². The highest BCUT2D eigenvalue weighted by molar-refractivity contribution is 8.00. The zero-order valence-electron chi connectivity index (χ0n) is 8.57. The van der Waals surface area contributed by atoms with Crippen molar-refractivity contribution in [1.82, 2.24) is 4.98 Å². The molecule has 3 nitrogen and oxygen atoms in total. The van der Waals surface area contributed by atoms with E-state index in [2.05, 4.69) is 4.98 Å². The van der Waals surface area contributed by atoms with Crippen molar-refractivity contribution in [2.24, 2.45) is 5.73 Å². The fourth-order valence-corrected chi connectivity index (χ4v) is 3.10. The number of hydrogen-bond donors (Lipinski definition) is 2. The van der Waals surface area contributed by atoms with Gasteiger partial charge in [0.1, 0.15) is 11.5 Å². The number of aromatic nitrogens is 1. The summed E-state index contributed by atoms with van der Waals surface area (Å²) in [6.45, 7) is 0. The van der Waals surface area contributed by atoms with Crippen LogP contribution in [0.4, 0.5) is 0 Å². The van der Waals surface area contributed by atoms with Crippen molar-refractivity contribution < 1.29 is 0 Å². The summed E-state index contributed by atoms with van der Waals surface area (Å²) in [7, 11) is 0. The highest BCUT2D eigenvalue weighted by Crippen LogP contribution is 2.34. The summed E-state index contributed by atoms with van der Waals surface area (Å²) < 4.78 is 0. The van der Waals surface area contributed by atoms with Gasteiger partial charge in [0, 0.05) is 16.3 Å². The normalized spacial score (nSPS) is 16.8. The van der Waals surface area contributed by atoms with Crippen LogP contribution in [0.1, 0.15) is 31.4 Å². The molecule has 0 bridgehead atoms. The predicted molar refractivity (Wildman–Crippen MR) is 63.4 cm³/mol. The van der Waals surface area contributed by atoms with Crippen molar-refractivity contribution in [3.05, 3.63) is 24.0 Å². The van der Waals surface area contributed by atoms with Gasteiger partial charge >= 0.3 is 0 Å². The average molecular weight is 221 g/mol. The van der Waals surface area contributed by atoms with E-state index in [4.69, 9.17) is 11.1 Å². The predicted octanol–water partition coefficient (Wildman–Crippen LogP) is 2.40. The number of nitrogens with two attached hydrogens (primary N) is 1. The lowest BCUT2D eigenvalue weighted by molar-refractivity contribution is 0.886. The Bertz CT molecular complexity index is 359. The summed E-state index contributed by atoms with van der Waals surface area (Å²) in [6, 6.07) is 3.90. The molecule has 3 N–H and O–H groups in total. The van der Waals surface area contributed by atoms with Gasteiger partial charge in [-0.3, -0.25) is 10.4 Å². The number of nitrogens with zero attached hydrogens (tertiary/aromatic N) is 1. The van der Waals surface area contributed by atoms with E-state index < -0.39 is 0 Å². The number of nitrogen functional groups attached to an aromatic ring is 1. The van der Waals surface area contributed by atoms with Gasteiger partial charge in [-0.05, 0) is 25.0 Å².